The van der Waals surface area contributed by atoms with Gasteiger partial charge >= 0.3 is 0 Å². The molecule has 0 radical (unpaired) electrons. The van der Waals surface area contributed by atoms with Gasteiger partial charge in [-0.3, -0.25) is 9.59 Å². The van der Waals surface area contributed by atoms with Gasteiger partial charge in [-0.25, -0.2) is 4.39 Å². The zero-order valence-corrected chi connectivity index (χ0v) is 17.5. The highest BCUT2D eigenvalue weighted by atomic mass is 19.1. The van der Waals surface area contributed by atoms with E-state index in [-0.39, 0.29) is 25.0 Å². The number of carbonyl (C=O) groups is 2. The molecule has 1 saturated heterocycles. The lowest BCUT2D eigenvalue weighted by Crippen LogP contribution is -2.70. The summed E-state index contributed by atoms with van der Waals surface area (Å²) in [6.45, 7) is -4.55. The van der Waals surface area contributed by atoms with Gasteiger partial charge in [0.25, 0.3) is 0 Å². The van der Waals surface area contributed by atoms with Gasteiger partial charge in [0.2, 0.25) is 0 Å². The van der Waals surface area contributed by atoms with E-state index in [2.05, 4.69) is 0 Å². The molecule has 0 aromatic heterocycles. The number of alkyl halides is 1. The number of halogens is 1. The summed E-state index contributed by atoms with van der Waals surface area (Å²) in [7, 11) is 0. The molecular weight excluding hydrogens is 403 g/mol. The number of aliphatic hydroxyl groups is 2. The van der Waals surface area contributed by atoms with E-state index in [0.29, 0.717) is 12.0 Å². The summed E-state index contributed by atoms with van der Waals surface area (Å²) in [6.07, 6.45) is 1.20. The number of hydrogen-bond acceptors (Lipinski definition) is 6. The molecule has 4 fully saturated rings. The van der Waals surface area contributed by atoms with Crippen LogP contribution in [0.15, 0.2) is 23.8 Å². The molecule has 5 aliphatic rings. The highest BCUT2D eigenvalue weighted by molar-refractivity contribution is 6.01. The lowest BCUT2D eigenvalue weighted by atomic mass is 9.44. The number of ether oxygens (including phenoxy) is 2. The molecule has 0 aromatic carbocycles. The smallest absolute Gasteiger partial charge is 0.193 e. The first-order chi connectivity index (χ1) is 16.9. The molecule has 4 aliphatic carbocycles. The molecule has 0 spiro atoms. The van der Waals surface area contributed by atoms with Gasteiger partial charge in [0.15, 0.2) is 28.6 Å². The zero-order chi connectivity index (χ0) is 27.6. The minimum atomic E-state index is -3.33. The summed E-state index contributed by atoms with van der Waals surface area (Å²) < 4.78 is 76.6. The van der Waals surface area contributed by atoms with Crippen LogP contribution in [0.25, 0.3) is 0 Å². The van der Waals surface area contributed by atoms with Crippen molar-refractivity contribution in [3.8, 4) is 0 Å². The molecule has 8 unspecified atom stereocenters. The molecule has 1 heterocycles. The fourth-order valence-electron chi connectivity index (χ4n) is 7.62. The normalized spacial score (nSPS) is 55.8. The van der Waals surface area contributed by atoms with Crippen molar-refractivity contribution in [2.75, 3.05) is 6.61 Å². The number of fused-ring (bicyclic) bond motifs is 7. The third kappa shape index (κ3) is 2.31. The quantitative estimate of drug-likeness (QED) is 0.685. The Kier molecular flexibility index (Phi) is 3.05. The van der Waals surface area contributed by atoms with Crippen LogP contribution in [0.5, 0.6) is 0 Å². The number of hydrogen-bond donors (Lipinski definition) is 2. The highest BCUT2D eigenvalue weighted by Crippen LogP contribution is 2.72. The van der Waals surface area contributed by atoms with Crippen LogP contribution in [-0.4, -0.2) is 57.7 Å². The SMILES string of the molecule is [2H]C([2H])([2H])C1(C([2H])([2H])[2H])OC2CC3C4CCC5=CC(=O)C=CC5(C)C4(F)C(O)CC3(C)C2(C(=O)CO)O1. The Hall–Kier alpha value is -1.41. The van der Waals surface area contributed by atoms with Gasteiger partial charge in [-0.1, -0.05) is 18.6 Å². The van der Waals surface area contributed by atoms with E-state index in [4.69, 9.17) is 17.7 Å². The van der Waals surface area contributed by atoms with Gasteiger partial charge in [-0.15, -0.1) is 0 Å². The molecule has 3 saturated carbocycles. The fraction of sp³-hybridized carbons (Fsp3) is 0.750. The molecule has 31 heavy (non-hydrogen) atoms. The van der Waals surface area contributed by atoms with Crippen LogP contribution in [0.2, 0.25) is 0 Å². The van der Waals surface area contributed by atoms with Crippen LogP contribution < -0.4 is 0 Å². The van der Waals surface area contributed by atoms with Crippen LogP contribution in [0, 0.1) is 22.7 Å². The van der Waals surface area contributed by atoms with Gasteiger partial charge < -0.3 is 19.7 Å². The van der Waals surface area contributed by atoms with Gasteiger partial charge in [0.1, 0.15) is 6.61 Å². The van der Waals surface area contributed by atoms with Crippen molar-refractivity contribution in [2.24, 2.45) is 22.7 Å². The predicted molar refractivity (Wildman–Crippen MR) is 109 cm³/mol. The third-order valence-electron chi connectivity index (χ3n) is 8.97. The van der Waals surface area contributed by atoms with E-state index >= 15 is 4.39 Å². The molecule has 170 valence electrons. The molecule has 5 rings (SSSR count). The zero-order valence-electron chi connectivity index (χ0n) is 23.5. The second-order valence-corrected chi connectivity index (χ2v) is 10.1. The topological polar surface area (TPSA) is 93.1 Å². The Labute approximate surface area is 189 Å². The van der Waals surface area contributed by atoms with Crippen molar-refractivity contribution in [3.63, 3.8) is 0 Å². The molecule has 0 aromatic rings. The summed E-state index contributed by atoms with van der Waals surface area (Å²) in [6, 6.07) is 0. The first-order valence-electron chi connectivity index (χ1n) is 13.7. The van der Waals surface area contributed by atoms with E-state index in [0.717, 1.165) is 0 Å². The molecule has 1 aliphatic heterocycles. The van der Waals surface area contributed by atoms with E-state index in [1.807, 2.05) is 0 Å². The Balaban J connectivity index is 1.66. The minimum absolute atomic E-state index is 0.100. The number of Topliss-reactive ketones (excluding diaryl/α,β-unsaturated/α-hetero) is 1. The van der Waals surface area contributed by atoms with E-state index < -0.39 is 78.0 Å². The van der Waals surface area contributed by atoms with Crippen molar-refractivity contribution < 1.29 is 41.9 Å². The maximum atomic E-state index is 17.3. The van der Waals surface area contributed by atoms with Gasteiger partial charge in [-0.2, -0.15) is 0 Å². The van der Waals surface area contributed by atoms with E-state index in [1.165, 1.54) is 18.2 Å². The van der Waals surface area contributed by atoms with E-state index in [9.17, 15) is 19.8 Å². The monoisotopic (exact) mass is 440 g/mol. The summed E-state index contributed by atoms with van der Waals surface area (Å²) in [5.74, 6) is -5.91. The van der Waals surface area contributed by atoms with Crippen molar-refractivity contribution in [3.05, 3.63) is 23.8 Å². The average molecular weight is 441 g/mol. The van der Waals surface area contributed by atoms with Crippen molar-refractivity contribution in [1.82, 2.24) is 0 Å². The first-order valence-corrected chi connectivity index (χ1v) is 10.7. The van der Waals surface area contributed by atoms with Crippen molar-refractivity contribution in [2.45, 2.75) is 82.5 Å². The van der Waals surface area contributed by atoms with E-state index in [1.54, 1.807) is 13.8 Å². The second-order valence-electron chi connectivity index (χ2n) is 10.1. The Morgan fingerprint density at radius 2 is 2.10 bits per heavy atom. The standard InChI is InChI=1S/C24H31FO6/c1-20(2)30-19-10-16-15-6-5-13-9-14(27)7-8-21(13,3)23(15,25)17(28)11-22(16,4)24(19,31-20)18(29)12-26/h7-9,15-17,19,26,28H,5-6,10-12H2,1-4H3/i1D3,2D3. The summed E-state index contributed by atoms with van der Waals surface area (Å²) >= 11 is 0. The number of ketones is 2. The molecule has 7 heteroatoms. The second kappa shape index (κ2) is 6.13. The predicted octanol–water partition coefficient (Wildman–Crippen LogP) is 2.42. The summed E-state index contributed by atoms with van der Waals surface area (Å²) in [4.78, 5) is 25.4. The summed E-state index contributed by atoms with van der Waals surface area (Å²) in [5, 5.41) is 21.4. The highest BCUT2D eigenvalue weighted by Gasteiger charge is 2.79. The minimum Gasteiger partial charge on any atom is -0.390 e. The van der Waals surface area contributed by atoms with Gasteiger partial charge in [0.05, 0.1) is 12.2 Å². The molecule has 0 amide bonds. The van der Waals surface area contributed by atoms with Crippen LogP contribution in [-0.2, 0) is 19.1 Å². The number of aliphatic hydroxyl groups excluding tert-OH is 2. The Bertz CT molecular complexity index is 1100. The first kappa shape index (κ1) is 15.4. The van der Waals surface area contributed by atoms with Crippen LogP contribution in [0.3, 0.4) is 0 Å². The molecular formula is C24H31FO6. The Morgan fingerprint density at radius 3 is 2.77 bits per heavy atom. The van der Waals surface area contributed by atoms with Crippen molar-refractivity contribution >= 4 is 11.6 Å². The third-order valence-corrected chi connectivity index (χ3v) is 8.97. The Morgan fingerprint density at radius 1 is 1.35 bits per heavy atom. The fourth-order valence-corrected chi connectivity index (χ4v) is 7.62. The maximum Gasteiger partial charge on any atom is 0.193 e. The van der Waals surface area contributed by atoms with Gasteiger partial charge in [0, 0.05) is 25.0 Å². The molecule has 0 bridgehead atoms. The van der Waals surface area contributed by atoms with Crippen LogP contribution >= 0.6 is 0 Å². The number of allylic oxidation sites excluding steroid dienone is 4. The van der Waals surface area contributed by atoms with Crippen LogP contribution in [0.1, 0.15) is 61.5 Å². The lowest BCUT2D eigenvalue weighted by molar-refractivity contribution is -0.246. The largest absolute Gasteiger partial charge is 0.390 e. The summed E-state index contributed by atoms with van der Waals surface area (Å²) in [5.41, 5.74) is -6.64. The number of carbonyl (C=O) groups excluding carboxylic acids is 2. The maximum absolute atomic E-state index is 17.3. The molecule has 8 atom stereocenters. The van der Waals surface area contributed by atoms with Crippen molar-refractivity contribution in [1.29, 1.82) is 0 Å². The average Bonchev–Trinajstić information content (AvgIpc) is 3.26. The van der Waals surface area contributed by atoms with Crippen LogP contribution in [0.4, 0.5) is 4.39 Å². The number of rotatable bonds is 2. The lowest BCUT2D eigenvalue weighted by Gasteiger charge is -2.62. The molecule has 6 nitrogen and oxygen atoms in total. The van der Waals surface area contributed by atoms with Gasteiger partial charge in [-0.05, 0) is 64.4 Å². The molecule has 2 N–H and O–H groups in total.